The van der Waals surface area contributed by atoms with E-state index in [-0.39, 0.29) is 18.3 Å². The van der Waals surface area contributed by atoms with E-state index in [1.807, 2.05) is 12.1 Å². The van der Waals surface area contributed by atoms with Gasteiger partial charge in [0.2, 0.25) is 5.91 Å². The van der Waals surface area contributed by atoms with Crippen LogP contribution in [0.25, 0.3) is 22.6 Å². The average Bonchev–Trinajstić information content (AvgIpc) is 3.40. The first-order chi connectivity index (χ1) is 14.2. The molecule has 1 spiro atoms. The van der Waals surface area contributed by atoms with Crippen LogP contribution in [0.1, 0.15) is 24.0 Å². The third-order valence-corrected chi connectivity index (χ3v) is 5.72. The van der Waals surface area contributed by atoms with Gasteiger partial charge in [0.15, 0.2) is 11.5 Å². The Labute approximate surface area is 164 Å². The van der Waals surface area contributed by atoms with Crippen LogP contribution in [0, 0.1) is 5.82 Å². The standard InChI is InChI=1S/C21H15FN6O/c22-15-6-2-1-4-12(15)11-28-19-13(5-3-9-23-19)16(27-28)18-24-10-14-17(25-18)26-20(29)21(14)7-8-21/h1-6,9-10H,7-8,11H2,(H,24,25,26,29). The lowest BCUT2D eigenvalue weighted by atomic mass is 10.0. The minimum atomic E-state index is -0.429. The lowest BCUT2D eigenvalue weighted by Crippen LogP contribution is -2.18. The zero-order chi connectivity index (χ0) is 19.6. The molecule has 8 heteroatoms. The number of nitrogens with zero attached hydrogens (tertiary/aromatic N) is 5. The van der Waals surface area contributed by atoms with Crippen LogP contribution in [0.5, 0.6) is 0 Å². The lowest BCUT2D eigenvalue weighted by molar-refractivity contribution is -0.117. The first-order valence-electron chi connectivity index (χ1n) is 9.40. The minimum absolute atomic E-state index is 0.00411. The molecule has 0 bridgehead atoms. The second kappa shape index (κ2) is 5.66. The quantitative estimate of drug-likeness (QED) is 0.585. The van der Waals surface area contributed by atoms with Crippen LogP contribution in [0.3, 0.4) is 0 Å². The van der Waals surface area contributed by atoms with Crippen molar-refractivity contribution in [3.05, 3.63) is 65.7 Å². The smallest absolute Gasteiger partial charge is 0.236 e. The molecule has 1 N–H and O–H groups in total. The van der Waals surface area contributed by atoms with Crippen molar-refractivity contribution in [2.24, 2.45) is 0 Å². The van der Waals surface area contributed by atoms with Gasteiger partial charge < -0.3 is 5.32 Å². The number of anilines is 1. The number of rotatable bonds is 3. The maximum absolute atomic E-state index is 14.1. The van der Waals surface area contributed by atoms with Gasteiger partial charge in [0, 0.05) is 23.5 Å². The zero-order valence-corrected chi connectivity index (χ0v) is 15.3. The Bertz CT molecular complexity index is 1310. The summed E-state index contributed by atoms with van der Waals surface area (Å²) >= 11 is 0. The molecule has 29 heavy (non-hydrogen) atoms. The predicted molar refractivity (Wildman–Crippen MR) is 104 cm³/mol. The zero-order valence-electron chi connectivity index (χ0n) is 15.3. The molecule has 4 heterocycles. The summed E-state index contributed by atoms with van der Waals surface area (Å²) in [6, 6.07) is 10.3. The van der Waals surface area contributed by atoms with Gasteiger partial charge in [0.1, 0.15) is 17.3 Å². The summed E-state index contributed by atoms with van der Waals surface area (Å²) in [6.45, 7) is 0.241. The van der Waals surface area contributed by atoms with Crippen LogP contribution in [0.2, 0.25) is 0 Å². The molecule has 0 atom stereocenters. The topological polar surface area (TPSA) is 85.6 Å². The van der Waals surface area contributed by atoms with Crippen LogP contribution < -0.4 is 5.32 Å². The van der Waals surface area contributed by atoms with Gasteiger partial charge in [-0.1, -0.05) is 18.2 Å². The number of hydrogen-bond acceptors (Lipinski definition) is 5. The lowest BCUT2D eigenvalue weighted by Gasteiger charge is -2.04. The first kappa shape index (κ1) is 16.3. The summed E-state index contributed by atoms with van der Waals surface area (Å²) in [5.41, 5.74) is 2.13. The van der Waals surface area contributed by atoms with E-state index in [9.17, 15) is 9.18 Å². The van der Waals surface area contributed by atoms with Crippen LogP contribution in [0.4, 0.5) is 10.2 Å². The molecule has 4 aromatic rings. The van der Waals surface area contributed by atoms with E-state index in [0.717, 1.165) is 23.8 Å². The van der Waals surface area contributed by atoms with E-state index in [0.29, 0.717) is 28.5 Å². The van der Waals surface area contributed by atoms with Crippen LogP contribution in [-0.4, -0.2) is 30.6 Å². The van der Waals surface area contributed by atoms with Crippen molar-refractivity contribution in [3.63, 3.8) is 0 Å². The second-order valence-electron chi connectivity index (χ2n) is 7.46. The molecule has 1 amide bonds. The van der Waals surface area contributed by atoms with E-state index >= 15 is 0 Å². The Morgan fingerprint density at radius 3 is 2.83 bits per heavy atom. The summed E-state index contributed by atoms with van der Waals surface area (Å²) in [7, 11) is 0. The fourth-order valence-electron chi connectivity index (χ4n) is 3.99. The molecule has 1 aliphatic carbocycles. The van der Waals surface area contributed by atoms with Gasteiger partial charge in [-0.3, -0.25) is 4.79 Å². The third-order valence-electron chi connectivity index (χ3n) is 5.72. The fraction of sp³-hybridized carbons (Fsp3) is 0.190. The maximum atomic E-state index is 14.1. The number of amides is 1. The number of nitrogens with one attached hydrogen (secondary N) is 1. The largest absolute Gasteiger partial charge is 0.310 e. The van der Waals surface area contributed by atoms with Crippen molar-refractivity contribution in [1.29, 1.82) is 0 Å². The van der Waals surface area contributed by atoms with E-state index in [4.69, 9.17) is 0 Å². The van der Waals surface area contributed by atoms with Crippen LogP contribution in [0.15, 0.2) is 48.8 Å². The summed E-state index contributed by atoms with van der Waals surface area (Å²) < 4.78 is 15.8. The second-order valence-corrected chi connectivity index (χ2v) is 7.46. The molecule has 6 rings (SSSR count). The molecule has 1 fully saturated rings. The van der Waals surface area contributed by atoms with Gasteiger partial charge in [-0.2, -0.15) is 5.10 Å². The number of benzene rings is 1. The predicted octanol–water partition coefficient (Wildman–Crippen LogP) is 3.06. The van der Waals surface area contributed by atoms with Gasteiger partial charge in [0.05, 0.1) is 17.3 Å². The average molecular weight is 386 g/mol. The molecule has 1 aromatic carbocycles. The SMILES string of the molecule is O=C1Nc2nc(-c3nn(Cc4ccccc4F)c4ncccc34)ncc2C12CC2. The van der Waals surface area contributed by atoms with Gasteiger partial charge in [-0.25, -0.2) is 24.0 Å². The minimum Gasteiger partial charge on any atom is -0.310 e. The molecule has 0 saturated heterocycles. The van der Waals surface area contributed by atoms with E-state index < -0.39 is 5.41 Å². The van der Waals surface area contributed by atoms with Crippen LogP contribution >= 0.6 is 0 Å². The molecule has 2 aliphatic rings. The molecule has 3 aromatic heterocycles. The molecule has 7 nitrogen and oxygen atoms in total. The van der Waals surface area contributed by atoms with Crippen molar-refractivity contribution >= 4 is 22.8 Å². The Morgan fingerprint density at radius 2 is 2.00 bits per heavy atom. The number of carbonyl (C=O) groups excluding carboxylic acids is 1. The highest BCUT2D eigenvalue weighted by molar-refractivity contribution is 6.07. The monoisotopic (exact) mass is 386 g/mol. The van der Waals surface area contributed by atoms with Gasteiger partial charge in [-0.05, 0) is 31.0 Å². The molecule has 0 radical (unpaired) electrons. The third kappa shape index (κ3) is 2.32. The van der Waals surface area contributed by atoms with Crippen molar-refractivity contribution < 1.29 is 9.18 Å². The van der Waals surface area contributed by atoms with Crippen molar-refractivity contribution in [3.8, 4) is 11.5 Å². The highest BCUT2D eigenvalue weighted by Gasteiger charge is 2.57. The Kier molecular flexibility index (Phi) is 3.18. The molecule has 1 aliphatic heterocycles. The normalized spacial score (nSPS) is 16.2. The van der Waals surface area contributed by atoms with Gasteiger partial charge >= 0.3 is 0 Å². The van der Waals surface area contributed by atoms with Crippen molar-refractivity contribution in [1.82, 2.24) is 24.7 Å². The summed E-state index contributed by atoms with van der Waals surface area (Å²) in [5, 5.41) is 8.29. The molecule has 1 saturated carbocycles. The first-order valence-corrected chi connectivity index (χ1v) is 9.40. The fourth-order valence-corrected chi connectivity index (χ4v) is 3.99. The Hall–Kier alpha value is -3.68. The summed E-state index contributed by atoms with van der Waals surface area (Å²) in [4.78, 5) is 25.8. The Balaban J connectivity index is 1.47. The number of halogens is 1. The van der Waals surface area contributed by atoms with Gasteiger partial charge in [0.25, 0.3) is 0 Å². The Morgan fingerprint density at radius 1 is 1.14 bits per heavy atom. The van der Waals surface area contributed by atoms with Crippen molar-refractivity contribution in [2.45, 2.75) is 24.8 Å². The number of carbonyl (C=O) groups is 1. The van der Waals surface area contributed by atoms with Crippen molar-refractivity contribution in [2.75, 3.05) is 5.32 Å². The van der Waals surface area contributed by atoms with Crippen LogP contribution in [-0.2, 0) is 16.8 Å². The molecular formula is C21H15FN6O. The number of fused-ring (bicyclic) bond motifs is 3. The number of aromatic nitrogens is 5. The maximum Gasteiger partial charge on any atom is 0.236 e. The number of hydrogen-bond donors (Lipinski definition) is 1. The highest BCUT2D eigenvalue weighted by Crippen LogP contribution is 2.54. The van der Waals surface area contributed by atoms with Gasteiger partial charge in [-0.15, -0.1) is 0 Å². The summed E-state index contributed by atoms with van der Waals surface area (Å²) in [6.07, 6.45) is 5.06. The highest BCUT2D eigenvalue weighted by atomic mass is 19.1. The van der Waals surface area contributed by atoms with E-state index in [1.165, 1.54) is 6.07 Å². The van der Waals surface area contributed by atoms with E-state index in [2.05, 4.69) is 25.4 Å². The summed E-state index contributed by atoms with van der Waals surface area (Å²) in [5.74, 6) is 0.667. The van der Waals surface area contributed by atoms with E-state index in [1.54, 1.807) is 35.3 Å². The molecule has 0 unspecified atom stereocenters. The molecule has 142 valence electrons. The molecular weight excluding hydrogens is 371 g/mol. The number of pyridine rings is 1.